The lowest BCUT2D eigenvalue weighted by atomic mass is 10.0. The van der Waals surface area contributed by atoms with Gasteiger partial charge in [0, 0.05) is 51.9 Å². The summed E-state index contributed by atoms with van der Waals surface area (Å²) in [4.78, 5) is 41.4. The Morgan fingerprint density at radius 2 is 1.52 bits per heavy atom. The molecule has 0 radical (unpaired) electrons. The highest BCUT2D eigenvalue weighted by atomic mass is 16.5. The van der Waals surface area contributed by atoms with E-state index in [0.29, 0.717) is 52.3 Å². The second-order valence-corrected chi connectivity index (χ2v) is 7.75. The van der Waals surface area contributed by atoms with Crippen LogP contribution in [-0.2, 0) is 19.1 Å². The number of likely N-dealkylation sites (N-methyl/N-ethyl adjacent to an activating group) is 1. The largest absolute Gasteiger partial charge is 0.480 e. The molecule has 10 heteroatoms. The van der Waals surface area contributed by atoms with Crippen LogP contribution in [0.2, 0.25) is 0 Å². The fourth-order valence-electron chi connectivity index (χ4n) is 3.62. The van der Waals surface area contributed by atoms with E-state index in [-0.39, 0.29) is 31.8 Å². The quantitative estimate of drug-likeness (QED) is 0.479. The summed E-state index contributed by atoms with van der Waals surface area (Å²) in [7, 11) is 0. The van der Waals surface area contributed by atoms with Crippen molar-refractivity contribution in [1.82, 2.24) is 19.6 Å². The number of carboxylic acids is 2. The van der Waals surface area contributed by atoms with Gasteiger partial charge in [-0.25, -0.2) is 0 Å². The molecule has 1 rings (SSSR count). The predicted molar refractivity (Wildman–Crippen MR) is 108 cm³/mol. The van der Waals surface area contributed by atoms with E-state index in [2.05, 4.69) is 18.7 Å². The van der Waals surface area contributed by atoms with Crippen molar-refractivity contribution in [2.45, 2.75) is 26.8 Å². The molecule has 1 unspecified atom stereocenters. The van der Waals surface area contributed by atoms with E-state index in [9.17, 15) is 24.6 Å². The molecule has 1 atom stereocenters. The average Bonchev–Trinajstić information content (AvgIpc) is 2.64. The average molecular weight is 417 g/mol. The third kappa shape index (κ3) is 10.0. The number of carboxylic acid groups (broad SMARTS) is 2. The number of ether oxygens (including phenoxy) is 1. The number of aliphatic carboxylic acids is 2. The van der Waals surface area contributed by atoms with Crippen LogP contribution in [0.3, 0.4) is 0 Å². The van der Waals surface area contributed by atoms with E-state index in [1.165, 1.54) is 0 Å². The normalized spacial score (nSPS) is 22.0. The minimum absolute atomic E-state index is 0.0348. The summed E-state index contributed by atoms with van der Waals surface area (Å²) in [5.41, 5.74) is 0. The van der Waals surface area contributed by atoms with E-state index < -0.39 is 11.9 Å². The molecular formula is C19H36N4O6. The van der Waals surface area contributed by atoms with Crippen LogP contribution in [0.5, 0.6) is 0 Å². The van der Waals surface area contributed by atoms with Crippen molar-refractivity contribution in [2.75, 3.05) is 72.2 Å². The van der Waals surface area contributed by atoms with Gasteiger partial charge in [-0.05, 0) is 12.5 Å². The zero-order valence-electron chi connectivity index (χ0n) is 17.8. The lowest BCUT2D eigenvalue weighted by molar-refractivity contribution is -0.139. The minimum Gasteiger partial charge on any atom is -0.480 e. The molecule has 1 heterocycles. The van der Waals surface area contributed by atoms with E-state index >= 15 is 0 Å². The molecule has 0 aromatic heterocycles. The molecule has 1 saturated heterocycles. The van der Waals surface area contributed by atoms with Gasteiger partial charge in [0.1, 0.15) is 6.73 Å². The topological polar surface area (TPSA) is 114 Å². The van der Waals surface area contributed by atoms with Crippen LogP contribution in [0.15, 0.2) is 0 Å². The van der Waals surface area contributed by atoms with Crippen LogP contribution in [-0.4, -0.2) is 126 Å². The number of hydrogen-bond acceptors (Lipinski definition) is 8. The number of carbonyl (C=O) groups is 3. The van der Waals surface area contributed by atoms with Crippen LogP contribution >= 0.6 is 0 Å². The SMILES string of the molecule is CCN1CCN(CC(=O)O)CCN(COC=O)CC(C(C)C)N(CC(=O)O)CC1. The van der Waals surface area contributed by atoms with E-state index in [0.717, 1.165) is 6.54 Å². The van der Waals surface area contributed by atoms with E-state index in [4.69, 9.17) is 4.74 Å². The highest BCUT2D eigenvalue weighted by Gasteiger charge is 2.27. The van der Waals surface area contributed by atoms with Crippen LogP contribution in [0.4, 0.5) is 0 Å². The summed E-state index contributed by atoms with van der Waals surface area (Å²) < 4.78 is 4.96. The Bertz CT molecular complexity index is 519. The Kier molecular flexibility index (Phi) is 11.7. The highest BCUT2D eigenvalue weighted by Crippen LogP contribution is 2.14. The molecule has 0 aromatic rings. The summed E-state index contributed by atoms with van der Waals surface area (Å²) in [6, 6.07) is -0.0348. The molecule has 168 valence electrons. The van der Waals surface area contributed by atoms with Gasteiger partial charge >= 0.3 is 11.9 Å². The molecule has 0 saturated carbocycles. The van der Waals surface area contributed by atoms with Gasteiger partial charge < -0.3 is 19.8 Å². The first-order chi connectivity index (χ1) is 13.8. The molecule has 1 aliphatic heterocycles. The Labute approximate surface area is 173 Å². The summed E-state index contributed by atoms with van der Waals surface area (Å²) in [6.07, 6.45) is 0. The molecule has 1 aliphatic rings. The maximum atomic E-state index is 11.5. The standard InChI is InChI=1S/C19H36N4O6/c1-4-20-5-6-21(12-18(25)26)7-8-22(14-29-15-24)11-17(16(2)3)23(10-9-20)13-19(27)28/h15-17H,4-14H2,1-3H3,(H,25,26)(H,27,28). The third-order valence-corrected chi connectivity index (χ3v) is 5.32. The van der Waals surface area contributed by atoms with Crippen molar-refractivity contribution < 1.29 is 29.3 Å². The monoisotopic (exact) mass is 416 g/mol. The predicted octanol–water partition coefficient (Wildman–Crippen LogP) is -0.448. The van der Waals surface area contributed by atoms with Gasteiger partial charge in [-0.3, -0.25) is 29.1 Å². The molecule has 1 fully saturated rings. The lowest BCUT2D eigenvalue weighted by Crippen LogP contribution is -2.53. The summed E-state index contributed by atoms with van der Waals surface area (Å²) in [5.74, 6) is -1.54. The first kappa shape index (κ1) is 25.3. The summed E-state index contributed by atoms with van der Waals surface area (Å²) in [6.45, 7) is 11.6. The Balaban J connectivity index is 3.07. The number of nitrogens with zero attached hydrogens (tertiary/aromatic N) is 4. The smallest absolute Gasteiger partial charge is 0.317 e. The fourth-order valence-corrected chi connectivity index (χ4v) is 3.62. The molecule has 0 aliphatic carbocycles. The zero-order chi connectivity index (χ0) is 21.8. The number of hydrogen-bond donors (Lipinski definition) is 2. The molecule has 0 aromatic carbocycles. The van der Waals surface area contributed by atoms with Gasteiger partial charge in [-0.15, -0.1) is 0 Å². The minimum atomic E-state index is -0.872. The van der Waals surface area contributed by atoms with E-state index in [1.54, 1.807) is 0 Å². The summed E-state index contributed by atoms with van der Waals surface area (Å²) in [5, 5.41) is 18.6. The van der Waals surface area contributed by atoms with E-state index in [1.807, 2.05) is 21.6 Å². The number of rotatable bonds is 9. The highest BCUT2D eigenvalue weighted by molar-refractivity contribution is 5.69. The number of carbonyl (C=O) groups excluding carboxylic acids is 1. The van der Waals surface area contributed by atoms with Crippen molar-refractivity contribution in [3.8, 4) is 0 Å². The molecular weight excluding hydrogens is 380 g/mol. The lowest BCUT2D eigenvalue weighted by Gasteiger charge is -2.39. The molecule has 0 bridgehead atoms. The van der Waals surface area contributed by atoms with Crippen molar-refractivity contribution in [3.05, 3.63) is 0 Å². The van der Waals surface area contributed by atoms with Crippen LogP contribution in [0.1, 0.15) is 20.8 Å². The molecule has 29 heavy (non-hydrogen) atoms. The van der Waals surface area contributed by atoms with Gasteiger partial charge in [0.25, 0.3) is 6.47 Å². The Morgan fingerprint density at radius 3 is 2.03 bits per heavy atom. The Hall–Kier alpha value is -1.75. The second kappa shape index (κ2) is 13.5. The molecule has 10 nitrogen and oxygen atoms in total. The van der Waals surface area contributed by atoms with Crippen LogP contribution in [0, 0.1) is 5.92 Å². The van der Waals surface area contributed by atoms with Gasteiger partial charge in [0.05, 0.1) is 13.1 Å². The molecule has 0 amide bonds. The van der Waals surface area contributed by atoms with Gasteiger partial charge in [0.15, 0.2) is 0 Å². The Morgan fingerprint density at radius 1 is 0.966 bits per heavy atom. The fraction of sp³-hybridized carbons (Fsp3) is 0.842. The van der Waals surface area contributed by atoms with Crippen molar-refractivity contribution >= 4 is 18.4 Å². The van der Waals surface area contributed by atoms with Gasteiger partial charge in [0.2, 0.25) is 0 Å². The first-order valence-electron chi connectivity index (χ1n) is 10.2. The van der Waals surface area contributed by atoms with Crippen molar-refractivity contribution in [3.63, 3.8) is 0 Å². The van der Waals surface area contributed by atoms with Crippen molar-refractivity contribution in [2.24, 2.45) is 5.92 Å². The first-order valence-corrected chi connectivity index (χ1v) is 10.2. The van der Waals surface area contributed by atoms with Crippen LogP contribution < -0.4 is 0 Å². The maximum absolute atomic E-state index is 11.5. The van der Waals surface area contributed by atoms with Crippen molar-refractivity contribution in [1.29, 1.82) is 0 Å². The summed E-state index contributed by atoms with van der Waals surface area (Å²) >= 11 is 0. The molecule has 0 spiro atoms. The zero-order valence-corrected chi connectivity index (χ0v) is 17.8. The van der Waals surface area contributed by atoms with Crippen LogP contribution in [0.25, 0.3) is 0 Å². The second-order valence-electron chi connectivity index (χ2n) is 7.75. The maximum Gasteiger partial charge on any atom is 0.317 e. The van der Waals surface area contributed by atoms with Gasteiger partial charge in [-0.2, -0.15) is 0 Å². The molecule has 2 N–H and O–H groups in total. The third-order valence-electron chi connectivity index (χ3n) is 5.32. The van der Waals surface area contributed by atoms with Gasteiger partial charge in [-0.1, -0.05) is 20.8 Å².